The fraction of sp³-hybridized carbons (Fsp3) is 0.278. The lowest BCUT2D eigenvalue weighted by Gasteiger charge is -2.34. The molecule has 1 atom stereocenters. The van der Waals surface area contributed by atoms with Gasteiger partial charge in [0.15, 0.2) is 0 Å². The number of rotatable bonds is 14. The third-order valence-electron chi connectivity index (χ3n) is 7.76. The van der Waals surface area contributed by atoms with Crippen LogP contribution in [0, 0.1) is 19.7 Å². The van der Waals surface area contributed by atoms with Crippen LogP contribution in [0.15, 0.2) is 102 Å². The third-order valence-corrected chi connectivity index (χ3v) is 9.95. The van der Waals surface area contributed by atoms with Crippen LogP contribution in [0.4, 0.5) is 10.1 Å². The number of amides is 2. The highest BCUT2D eigenvalue weighted by atomic mass is 35.5. The highest BCUT2D eigenvalue weighted by Crippen LogP contribution is 2.31. The number of anilines is 1. The number of nitrogens with one attached hydrogen (secondary N) is 1. The molecule has 0 spiro atoms. The lowest BCUT2D eigenvalue weighted by atomic mass is 10.0. The predicted octanol–water partition coefficient (Wildman–Crippen LogP) is 6.85. The molecule has 0 aliphatic rings. The summed E-state index contributed by atoms with van der Waals surface area (Å²) in [4.78, 5) is 29.7. The minimum absolute atomic E-state index is 0.00787. The number of sulfonamides is 1. The monoisotopic (exact) mass is 663 g/mol. The number of carbonyl (C=O) groups is 2. The molecule has 0 aliphatic carbocycles. The standard InChI is InChI=1S/C36H39ClFN3O4S/c1-4-5-22-39-36(43)34(23-28-10-7-6-8-11-28)40(24-29-16-18-30(38)19-17-29)35(42)25-41(33-13-9-12-32(37)27(33)3)46(44,45)31-20-14-26(2)15-21-31/h6-21,34H,4-5,22-25H2,1-3H3,(H,39,43)/t34-/m0/s1. The molecule has 0 fully saturated rings. The van der Waals surface area contributed by atoms with Gasteiger partial charge < -0.3 is 10.2 Å². The van der Waals surface area contributed by atoms with E-state index in [4.69, 9.17) is 11.6 Å². The van der Waals surface area contributed by atoms with Crippen molar-refractivity contribution < 1.29 is 22.4 Å². The first-order valence-electron chi connectivity index (χ1n) is 15.2. The summed E-state index contributed by atoms with van der Waals surface area (Å²) < 4.78 is 43.3. The summed E-state index contributed by atoms with van der Waals surface area (Å²) in [6.07, 6.45) is 1.81. The molecule has 0 unspecified atom stereocenters. The van der Waals surface area contributed by atoms with Crippen LogP contribution in [0.1, 0.15) is 42.0 Å². The lowest BCUT2D eigenvalue weighted by Crippen LogP contribution is -2.53. The highest BCUT2D eigenvalue weighted by molar-refractivity contribution is 7.92. The van der Waals surface area contributed by atoms with Crippen LogP contribution in [-0.4, -0.2) is 44.3 Å². The molecule has 46 heavy (non-hydrogen) atoms. The number of nitrogens with zero attached hydrogens (tertiary/aromatic N) is 2. The third kappa shape index (κ3) is 8.73. The summed E-state index contributed by atoms with van der Waals surface area (Å²) >= 11 is 6.44. The zero-order valence-corrected chi connectivity index (χ0v) is 27.8. The molecule has 10 heteroatoms. The Morgan fingerprint density at radius 3 is 2.20 bits per heavy atom. The summed E-state index contributed by atoms with van der Waals surface area (Å²) in [5.74, 6) is -1.41. The predicted molar refractivity (Wildman–Crippen MR) is 181 cm³/mol. The maximum atomic E-state index is 14.5. The second-order valence-corrected chi connectivity index (χ2v) is 13.5. The van der Waals surface area contributed by atoms with Crippen molar-refractivity contribution in [3.8, 4) is 0 Å². The van der Waals surface area contributed by atoms with Crippen LogP contribution in [0.3, 0.4) is 0 Å². The van der Waals surface area contributed by atoms with Gasteiger partial charge in [0.25, 0.3) is 10.0 Å². The molecular formula is C36H39ClFN3O4S. The summed E-state index contributed by atoms with van der Waals surface area (Å²) in [6.45, 7) is 5.32. The maximum Gasteiger partial charge on any atom is 0.264 e. The van der Waals surface area contributed by atoms with Crippen molar-refractivity contribution in [1.82, 2.24) is 10.2 Å². The molecule has 0 saturated carbocycles. The zero-order chi connectivity index (χ0) is 33.3. The molecule has 0 aromatic heterocycles. The second kappa shape index (κ2) is 15.9. The molecule has 242 valence electrons. The Morgan fingerprint density at radius 2 is 1.54 bits per heavy atom. The smallest absolute Gasteiger partial charge is 0.264 e. The van der Waals surface area contributed by atoms with Gasteiger partial charge in [0, 0.05) is 24.5 Å². The van der Waals surface area contributed by atoms with E-state index in [1.165, 1.54) is 29.2 Å². The van der Waals surface area contributed by atoms with Gasteiger partial charge in [0.05, 0.1) is 10.6 Å². The summed E-state index contributed by atoms with van der Waals surface area (Å²) in [5.41, 5.74) is 3.01. The molecule has 7 nitrogen and oxygen atoms in total. The Labute approximate surface area is 276 Å². The van der Waals surface area contributed by atoms with E-state index in [0.717, 1.165) is 28.3 Å². The van der Waals surface area contributed by atoms with Gasteiger partial charge in [-0.25, -0.2) is 12.8 Å². The van der Waals surface area contributed by atoms with E-state index in [1.807, 2.05) is 44.2 Å². The van der Waals surface area contributed by atoms with Crippen LogP contribution in [0.2, 0.25) is 5.02 Å². The first-order chi connectivity index (χ1) is 22.0. The van der Waals surface area contributed by atoms with E-state index in [-0.39, 0.29) is 29.5 Å². The molecule has 4 aromatic carbocycles. The van der Waals surface area contributed by atoms with Crippen molar-refractivity contribution in [3.63, 3.8) is 0 Å². The minimum Gasteiger partial charge on any atom is -0.354 e. The summed E-state index contributed by atoms with van der Waals surface area (Å²) in [7, 11) is -4.26. The van der Waals surface area contributed by atoms with Crippen LogP contribution in [0.25, 0.3) is 0 Å². The lowest BCUT2D eigenvalue weighted by molar-refractivity contribution is -0.140. The number of aryl methyl sites for hydroxylation is 1. The van der Waals surface area contributed by atoms with Crippen molar-refractivity contribution in [2.45, 2.75) is 57.5 Å². The van der Waals surface area contributed by atoms with Crippen molar-refractivity contribution >= 4 is 39.1 Å². The Hall–Kier alpha value is -4.21. The normalized spacial score (nSPS) is 11.9. The molecule has 2 amide bonds. The maximum absolute atomic E-state index is 14.5. The first-order valence-corrected chi connectivity index (χ1v) is 17.0. The Bertz CT molecular complexity index is 1730. The number of unbranched alkanes of at least 4 members (excludes halogenated alkanes) is 1. The fourth-order valence-corrected chi connectivity index (χ4v) is 6.70. The highest BCUT2D eigenvalue weighted by Gasteiger charge is 2.35. The summed E-state index contributed by atoms with van der Waals surface area (Å²) in [5, 5.41) is 3.30. The molecule has 0 bridgehead atoms. The van der Waals surface area contributed by atoms with Crippen LogP contribution in [0.5, 0.6) is 0 Å². The van der Waals surface area contributed by atoms with Crippen LogP contribution < -0.4 is 9.62 Å². The van der Waals surface area contributed by atoms with Crippen molar-refractivity contribution in [1.29, 1.82) is 0 Å². The van der Waals surface area contributed by atoms with E-state index in [2.05, 4.69) is 5.32 Å². The minimum atomic E-state index is -4.26. The molecule has 4 rings (SSSR count). The molecule has 0 aliphatic heterocycles. The van der Waals surface area contributed by atoms with E-state index >= 15 is 0 Å². The average molecular weight is 664 g/mol. The SMILES string of the molecule is CCCCNC(=O)[C@H](Cc1ccccc1)N(Cc1ccc(F)cc1)C(=O)CN(c1cccc(Cl)c1C)S(=O)(=O)c1ccc(C)cc1. The number of halogens is 2. The Kier molecular flexibility index (Phi) is 12.0. The molecule has 1 N–H and O–H groups in total. The van der Waals surface area contributed by atoms with Gasteiger partial charge in [-0.3, -0.25) is 13.9 Å². The average Bonchev–Trinajstić information content (AvgIpc) is 3.04. The number of benzene rings is 4. The van der Waals surface area contributed by atoms with E-state index in [0.29, 0.717) is 22.7 Å². The van der Waals surface area contributed by atoms with Crippen LogP contribution in [-0.2, 0) is 32.6 Å². The first kappa shape index (κ1) is 34.7. The van der Waals surface area contributed by atoms with E-state index < -0.39 is 34.3 Å². The van der Waals surface area contributed by atoms with Gasteiger partial charge in [-0.05, 0) is 73.4 Å². The molecule has 4 aromatic rings. The summed E-state index contributed by atoms with van der Waals surface area (Å²) in [6, 6.07) is 25.2. The number of hydrogen-bond acceptors (Lipinski definition) is 4. The fourth-order valence-electron chi connectivity index (χ4n) is 5.06. The number of hydrogen-bond donors (Lipinski definition) is 1. The molecule has 0 radical (unpaired) electrons. The Balaban J connectivity index is 1.81. The van der Waals surface area contributed by atoms with Gasteiger partial charge in [0.1, 0.15) is 18.4 Å². The number of carbonyl (C=O) groups excluding carboxylic acids is 2. The zero-order valence-electron chi connectivity index (χ0n) is 26.2. The van der Waals surface area contributed by atoms with Gasteiger partial charge in [-0.2, -0.15) is 0 Å². The Morgan fingerprint density at radius 1 is 0.870 bits per heavy atom. The molecule has 0 heterocycles. The van der Waals surface area contributed by atoms with Crippen molar-refractivity contribution in [2.24, 2.45) is 0 Å². The van der Waals surface area contributed by atoms with Crippen molar-refractivity contribution in [2.75, 3.05) is 17.4 Å². The molecular weight excluding hydrogens is 625 g/mol. The van der Waals surface area contributed by atoms with Gasteiger partial charge in [-0.1, -0.05) is 91.2 Å². The second-order valence-electron chi connectivity index (χ2n) is 11.2. The van der Waals surface area contributed by atoms with Crippen LogP contribution >= 0.6 is 11.6 Å². The van der Waals surface area contributed by atoms with Gasteiger partial charge >= 0.3 is 0 Å². The van der Waals surface area contributed by atoms with E-state index in [1.54, 1.807) is 49.4 Å². The van der Waals surface area contributed by atoms with Gasteiger partial charge in [-0.15, -0.1) is 0 Å². The van der Waals surface area contributed by atoms with E-state index in [9.17, 15) is 22.4 Å². The van der Waals surface area contributed by atoms with Gasteiger partial charge in [0.2, 0.25) is 11.8 Å². The molecule has 0 saturated heterocycles. The quantitative estimate of drug-likeness (QED) is 0.150. The topological polar surface area (TPSA) is 86.8 Å². The van der Waals surface area contributed by atoms with Crippen molar-refractivity contribution in [3.05, 3.63) is 130 Å². The largest absolute Gasteiger partial charge is 0.354 e.